The number of nitrogens with zero attached hydrogens (tertiary/aromatic N) is 4. The van der Waals surface area contributed by atoms with E-state index in [0.29, 0.717) is 34.6 Å². The van der Waals surface area contributed by atoms with Crippen molar-refractivity contribution in [3.63, 3.8) is 0 Å². The smallest absolute Gasteiger partial charge is 0.290 e. The fourth-order valence-corrected chi connectivity index (χ4v) is 5.03. The van der Waals surface area contributed by atoms with Gasteiger partial charge in [-0.3, -0.25) is 19.9 Å². The normalized spacial score (nSPS) is 17.6. The molecule has 0 unspecified atom stereocenters. The molecule has 0 atom stereocenters. The summed E-state index contributed by atoms with van der Waals surface area (Å²) in [6.07, 6.45) is 8.15. The van der Waals surface area contributed by atoms with Gasteiger partial charge in [-0.2, -0.15) is 0 Å². The highest BCUT2D eigenvalue weighted by atomic mass is 32.2. The second-order valence-corrected chi connectivity index (χ2v) is 9.77. The van der Waals surface area contributed by atoms with E-state index in [4.69, 9.17) is 0 Å². The number of hydrogen-bond acceptors (Lipinski definition) is 8. The first-order valence-corrected chi connectivity index (χ1v) is 12.6. The number of carbonyl (C=O) groups excluding carboxylic acids is 2. The minimum Gasteiger partial charge on any atom is -0.341 e. The van der Waals surface area contributed by atoms with Gasteiger partial charge in [-0.25, -0.2) is 14.4 Å². The maximum Gasteiger partial charge on any atom is 0.290 e. The van der Waals surface area contributed by atoms with Gasteiger partial charge in [0.1, 0.15) is 5.82 Å². The van der Waals surface area contributed by atoms with Gasteiger partial charge in [0.15, 0.2) is 0 Å². The van der Waals surface area contributed by atoms with Gasteiger partial charge in [-0.05, 0) is 72.5 Å². The summed E-state index contributed by atoms with van der Waals surface area (Å²) in [4.78, 5) is 38.4. The van der Waals surface area contributed by atoms with E-state index in [1.54, 1.807) is 30.6 Å². The van der Waals surface area contributed by atoms with Crippen molar-refractivity contribution in [2.45, 2.75) is 19.4 Å². The van der Waals surface area contributed by atoms with Gasteiger partial charge in [-0.1, -0.05) is 18.2 Å². The van der Waals surface area contributed by atoms with E-state index in [9.17, 15) is 14.0 Å². The summed E-state index contributed by atoms with van der Waals surface area (Å²) < 4.78 is 14.1. The molecule has 2 amide bonds. The Morgan fingerprint density at radius 1 is 1.17 bits per heavy atom. The zero-order chi connectivity index (χ0) is 24.9. The van der Waals surface area contributed by atoms with E-state index >= 15 is 0 Å². The lowest BCUT2D eigenvalue weighted by molar-refractivity contribution is -0.115. The van der Waals surface area contributed by atoms with E-state index < -0.39 is 5.91 Å². The molecule has 0 saturated carbocycles. The Morgan fingerprint density at radius 3 is 2.81 bits per heavy atom. The molecule has 0 aliphatic carbocycles. The highest BCUT2D eigenvalue weighted by molar-refractivity contribution is 8.18. The molecule has 8 nitrogen and oxygen atoms in total. The van der Waals surface area contributed by atoms with Crippen LogP contribution in [0.2, 0.25) is 0 Å². The number of amides is 2. The molecule has 0 bridgehead atoms. The van der Waals surface area contributed by atoms with Crippen LogP contribution >= 0.6 is 11.8 Å². The predicted molar refractivity (Wildman–Crippen MR) is 137 cm³/mol. The minimum absolute atomic E-state index is 0.321. The summed E-state index contributed by atoms with van der Waals surface area (Å²) in [5, 5.41) is 5.43. The third kappa shape index (κ3) is 5.77. The summed E-state index contributed by atoms with van der Waals surface area (Å²) in [7, 11) is 0. The van der Waals surface area contributed by atoms with Crippen LogP contribution in [0, 0.1) is 11.7 Å². The van der Waals surface area contributed by atoms with Gasteiger partial charge < -0.3 is 10.2 Å². The van der Waals surface area contributed by atoms with Crippen molar-refractivity contribution in [3.05, 3.63) is 77.0 Å². The summed E-state index contributed by atoms with van der Waals surface area (Å²) in [5.41, 5.74) is 3.11. The Morgan fingerprint density at radius 2 is 2.03 bits per heavy atom. The molecule has 2 N–H and O–H groups in total. The molecule has 3 aromatic rings. The number of nitrogens with one attached hydrogen (secondary N) is 2. The second-order valence-electron chi connectivity index (χ2n) is 8.75. The van der Waals surface area contributed by atoms with Crippen molar-refractivity contribution >= 4 is 34.9 Å². The highest BCUT2D eigenvalue weighted by Gasteiger charge is 2.25. The van der Waals surface area contributed by atoms with Crippen LogP contribution in [0.15, 0.2) is 59.9 Å². The van der Waals surface area contributed by atoms with Crippen LogP contribution in [0.25, 0.3) is 17.2 Å². The summed E-state index contributed by atoms with van der Waals surface area (Å²) in [6, 6.07) is 11.3. The number of benzene rings is 1. The third-order valence-electron chi connectivity index (χ3n) is 6.26. The lowest BCUT2D eigenvalue weighted by Crippen LogP contribution is -2.38. The molecule has 0 radical (unpaired) electrons. The molecule has 0 spiro atoms. The number of aromatic nitrogens is 3. The first-order chi connectivity index (χ1) is 17.5. The molecule has 1 aromatic carbocycles. The molecule has 36 heavy (non-hydrogen) atoms. The van der Waals surface area contributed by atoms with E-state index in [-0.39, 0.29) is 11.1 Å². The van der Waals surface area contributed by atoms with E-state index in [1.807, 2.05) is 24.3 Å². The second kappa shape index (κ2) is 11.0. The van der Waals surface area contributed by atoms with Gasteiger partial charge in [0.05, 0.1) is 16.8 Å². The average Bonchev–Trinajstić information content (AvgIpc) is 3.21. The van der Waals surface area contributed by atoms with E-state index in [0.717, 1.165) is 55.4 Å². The molecule has 184 valence electrons. The van der Waals surface area contributed by atoms with Crippen molar-refractivity contribution in [3.8, 4) is 11.1 Å². The monoisotopic (exact) mass is 504 g/mol. The van der Waals surface area contributed by atoms with Crippen molar-refractivity contribution < 1.29 is 14.0 Å². The topological polar surface area (TPSA) is 100 Å². The Kier molecular flexibility index (Phi) is 7.33. The molecule has 5 rings (SSSR count). The van der Waals surface area contributed by atoms with Crippen LogP contribution in [0.5, 0.6) is 0 Å². The van der Waals surface area contributed by atoms with E-state index in [2.05, 4.69) is 30.5 Å². The van der Waals surface area contributed by atoms with Gasteiger partial charge in [0, 0.05) is 37.6 Å². The van der Waals surface area contributed by atoms with Gasteiger partial charge in [0.2, 0.25) is 5.95 Å². The highest BCUT2D eigenvalue weighted by Crippen LogP contribution is 2.26. The first-order valence-electron chi connectivity index (χ1n) is 11.8. The Hall–Kier alpha value is -3.63. The summed E-state index contributed by atoms with van der Waals surface area (Å²) in [5.74, 6) is 0.455. The van der Waals surface area contributed by atoms with Crippen molar-refractivity contribution in [2.24, 2.45) is 5.92 Å². The first kappa shape index (κ1) is 24.1. The van der Waals surface area contributed by atoms with Crippen molar-refractivity contribution in [2.75, 3.05) is 24.5 Å². The maximum absolute atomic E-state index is 14.1. The maximum atomic E-state index is 14.1. The SMILES string of the molecule is O=C1NC(=O)/C(=C/c2ccnc(N3CCC(CNCc4cccc(-c5ccncc5F)c4)CC3)n2)S1. The standard InChI is InChI=1S/C26H25FN6O2S/c27-22-16-28-8-5-21(22)19-3-1-2-18(12-19)15-29-14-17-6-10-33(11-7-17)25-30-9-4-20(31-25)13-23-24(34)32-26(35)36-23/h1-5,8-9,12-13,16-17,29H,6-7,10-11,14-15H2,(H,32,34,35)/b23-13-. The lowest BCUT2D eigenvalue weighted by atomic mass is 9.97. The van der Waals surface area contributed by atoms with Gasteiger partial charge in [-0.15, -0.1) is 0 Å². The molecular formula is C26H25FN6O2S. The largest absolute Gasteiger partial charge is 0.341 e. The van der Waals surface area contributed by atoms with Crippen LogP contribution in [0.1, 0.15) is 24.1 Å². The minimum atomic E-state index is -0.394. The molecule has 2 aliphatic heterocycles. The number of hydrogen-bond donors (Lipinski definition) is 2. The zero-order valence-corrected chi connectivity index (χ0v) is 20.3. The fraction of sp³-hybridized carbons (Fsp3) is 0.269. The molecule has 2 aliphatic rings. The Balaban J connectivity index is 1.12. The van der Waals surface area contributed by atoms with Crippen LogP contribution in [-0.2, 0) is 11.3 Å². The molecular weight excluding hydrogens is 479 g/mol. The summed E-state index contributed by atoms with van der Waals surface area (Å²) in [6.45, 7) is 3.30. The van der Waals surface area contributed by atoms with Crippen LogP contribution in [0.4, 0.5) is 15.1 Å². The summed E-state index contributed by atoms with van der Waals surface area (Å²) >= 11 is 0.878. The number of anilines is 1. The van der Waals surface area contributed by atoms with Crippen molar-refractivity contribution in [1.82, 2.24) is 25.6 Å². The van der Waals surface area contributed by atoms with Crippen molar-refractivity contribution in [1.29, 1.82) is 0 Å². The molecule has 2 saturated heterocycles. The number of carbonyl (C=O) groups is 2. The van der Waals surface area contributed by atoms with Crippen LogP contribution < -0.4 is 15.5 Å². The Bertz CT molecular complexity index is 1310. The number of imide groups is 1. The fourth-order valence-electron chi connectivity index (χ4n) is 4.37. The number of rotatable bonds is 7. The molecule has 2 aromatic heterocycles. The van der Waals surface area contributed by atoms with E-state index in [1.165, 1.54) is 6.20 Å². The molecule has 2 fully saturated rings. The van der Waals surface area contributed by atoms with Gasteiger partial charge in [0.25, 0.3) is 11.1 Å². The van der Waals surface area contributed by atoms with Gasteiger partial charge >= 0.3 is 0 Å². The molecule has 10 heteroatoms. The van der Waals surface area contributed by atoms with Crippen LogP contribution in [-0.4, -0.2) is 45.7 Å². The number of piperidine rings is 1. The zero-order valence-electron chi connectivity index (χ0n) is 19.5. The quantitative estimate of drug-likeness (QED) is 0.466. The lowest BCUT2D eigenvalue weighted by Gasteiger charge is -2.32. The number of halogens is 1. The third-order valence-corrected chi connectivity index (χ3v) is 7.07. The molecule has 4 heterocycles. The number of thioether (sulfide) groups is 1. The number of pyridine rings is 1. The predicted octanol–water partition coefficient (Wildman–Crippen LogP) is 4.01. The Labute approximate surface area is 212 Å². The average molecular weight is 505 g/mol. The van der Waals surface area contributed by atoms with Crippen LogP contribution in [0.3, 0.4) is 0 Å².